The van der Waals surface area contributed by atoms with Crippen LogP contribution >= 0.6 is 0 Å². The molecular formula is C16H25NO4. The normalized spacial score (nSPS) is 12.1. The van der Waals surface area contributed by atoms with Gasteiger partial charge in [-0.05, 0) is 45.4 Å². The van der Waals surface area contributed by atoms with Crippen molar-refractivity contribution in [1.29, 1.82) is 0 Å². The highest BCUT2D eigenvalue weighted by Gasteiger charge is 2.42. The van der Waals surface area contributed by atoms with Crippen molar-refractivity contribution in [2.75, 3.05) is 14.2 Å². The molecule has 21 heavy (non-hydrogen) atoms. The fraction of sp³-hybridized carbons (Fsp3) is 0.562. The van der Waals surface area contributed by atoms with Gasteiger partial charge in [0.25, 0.3) is 0 Å². The molecule has 0 aromatic heterocycles. The van der Waals surface area contributed by atoms with Gasteiger partial charge in [-0.2, -0.15) is 0 Å². The number of hydrogen-bond acceptors (Lipinski definition) is 4. The molecule has 2 N–H and O–H groups in total. The number of carbonyl (C=O) groups is 1. The summed E-state index contributed by atoms with van der Waals surface area (Å²) in [7, 11) is 3.18. The summed E-state index contributed by atoms with van der Waals surface area (Å²) in [5.41, 5.74) is -0.447. The number of aliphatic carboxylic acids is 1. The first-order valence-electron chi connectivity index (χ1n) is 6.85. The van der Waals surface area contributed by atoms with Crippen molar-refractivity contribution in [3.05, 3.63) is 23.8 Å². The van der Waals surface area contributed by atoms with Gasteiger partial charge in [-0.15, -0.1) is 0 Å². The van der Waals surface area contributed by atoms with E-state index in [1.165, 1.54) is 0 Å². The molecular weight excluding hydrogens is 270 g/mol. The summed E-state index contributed by atoms with van der Waals surface area (Å²) in [5.74, 6) is 0.505. The van der Waals surface area contributed by atoms with Crippen molar-refractivity contribution in [2.45, 2.75) is 39.8 Å². The lowest BCUT2D eigenvalue weighted by Crippen LogP contribution is -2.54. The number of rotatable bonds is 7. The van der Waals surface area contributed by atoms with E-state index in [9.17, 15) is 9.90 Å². The van der Waals surface area contributed by atoms with Crippen molar-refractivity contribution >= 4 is 5.97 Å². The first kappa shape index (κ1) is 17.3. The number of benzene rings is 1. The second-order valence-electron chi connectivity index (χ2n) is 6.10. The van der Waals surface area contributed by atoms with Gasteiger partial charge < -0.3 is 19.9 Å². The van der Waals surface area contributed by atoms with Crippen LogP contribution in [-0.2, 0) is 11.3 Å². The fourth-order valence-corrected chi connectivity index (χ4v) is 1.80. The average molecular weight is 295 g/mol. The van der Waals surface area contributed by atoms with Crippen LogP contribution in [0.3, 0.4) is 0 Å². The lowest BCUT2D eigenvalue weighted by molar-refractivity contribution is -0.151. The van der Waals surface area contributed by atoms with Gasteiger partial charge in [-0.3, -0.25) is 4.79 Å². The third kappa shape index (κ3) is 3.67. The van der Waals surface area contributed by atoms with E-state index in [4.69, 9.17) is 9.47 Å². The third-order valence-corrected chi connectivity index (χ3v) is 4.28. The molecule has 1 aromatic rings. The van der Waals surface area contributed by atoms with Crippen LogP contribution in [-0.4, -0.2) is 30.8 Å². The summed E-state index contributed by atoms with van der Waals surface area (Å²) in [6, 6.07) is 5.65. The fourth-order valence-electron chi connectivity index (χ4n) is 1.80. The van der Waals surface area contributed by atoms with Gasteiger partial charge >= 0.3 is 5.97 Å². The van der Waals surface area contributed by atoms with Crippen LogP contribution in [0.25, 0.3) is 0 Å². The molecule has 0 bridgehead atoms. The van der Waals surface area contributed by atoms with Crippen LogP contribution in [0, 0.1) is 5.41 Å². The van der Waals surface area contributed by atoms with Gasteiger partial charge in [-0.25, -0.2) is 0 Å². The molecule has 0 amide bonds. The van der Waals surface area contributed by atoms with Gasteiger partial charge in [0.2, 0.25) is 0 Å². The topological polar surface area (TPSA) is 67.8 Å². The predicted octanol–water partition coefficient (Wildman–Crippen LogP) is 2.68. The highest BCUT2D eigenvalue weighted by Crippen LogP contribution is 2.32. The first-order valence-corrected chi connectivity index (χ1v) is 6.85. The molecule has 0 aliphatic carbocycles. The van der Waals surface area contributed by atoms with Crippen LogP contribution in [0.1, 0.15) is 33.3 Å². The Balaban J connectivity index is 2.86. The average Bonchev–Trinajstić information content (AvgIpc) is 2.44. The molecule has 0 radical (unpaired) electrons. The van der Waals surface area contributed by atoms with Crippen molar-refractivity contribution in [1.82, 2.24) is 5.32 Å². The van der Waals surface area contributed by atoms with E-state index in [0.29, 0.717) is 18.0 Å². The molecule has 0 fully saturated rings. The van der Waals surface area contributed by atoms with E-state index in [2.05, 4.69) is 5.32 Å². The number of ether oxygens (including phenoxy) is 2. The molecule has 0 aliphatic heterocycles. The largest absolute Gasteiger partial charge is 0.493 e. The van der Waals surface area contributed by atoms with Crippen LogP contribution in [0.15, 0.2) is 18.2 Å². The standard InChI is InChI=1S/C16H25NO4/c1-15(2,14(18)19)16(3,4)17-10-11-7-8-12(20-5)13(9-11)21-6/h7-9,17H,10H2,1-6H3,(H,18,19). The van der Waals surface area contributed by atoms with Crippen LogP contribution < -0.4 is 14.8 Å². The molecule has 5 heteroatoms. The maximum atomic E-state index is 11.4. The Morgan fingerprint density at radius 2 is 1.71 bits per heavy atom. The van der Waals surface area contributed by atoms with Crippen molar-refractivity contribution in [3.63, 3.8) is 0 Å². The van der Waals surface area contributed by atoms with Gasteiger partial charge in [0.05, 0.1) is 19.6 Å². The Bertz CT molecular complexity index is 509. The minimum Gasteiger partial charge on any atom is -0.493 e. The Labute approximate surface area is 126 Å². The Morgan fingerprint density at radius 1 is 1.14 bits per heavy atom. The molecule has 0 heterocycles. The highest BCUT2D eigenvalue weighted by atomic mass is 16.5. The van der Waals surface area contributed by atoms with Gasteiger partial charge in [0, 0.05) is 12.1 Å². The van der Waals surface area contributed by atoms with E-state index < -0.39 is 16.9 Å². The predicted molar refractivity (Wildman–Crippen MR) is 81.9 cm³/mol. The van der Waals surface area contributed by atoms with Crippen molar-refractivity contribution in [2.24, 2.45) is 5.41 Å². The van der Waals surface area contributed by atoms with Crippen LogP contribution in [0.4, 0.5) is 0 Å². The molecule has 0 aliphatic rings. The third-order valence-electron chi connectivity index (χ3n) is 4.28. The molecule has 5 nitrogen and oxygen atoms in total. The lowest BCUT2D eigenvalue weighted by atomic mass is 9.74. The van der Waals surface area contributed by atoms with Gasteiger partial charge in [-0.1, -0.05) is 6.07 Å². The van der Waals surface area contributed by atoms with E-state index in [-0.39, 0.29) is 0 Å². The van der Waals surface area contributed by atoms with Crippen molar-refractivity contribution in [3.8, 4) is 11.5 Å². The van der Waals surface area contributed by atoms with Crippen LogP contribution in [0.5, 0.6) is 11.5 Å². The minimum absolute atomic E-state index is 0.546. The smallest absolute Gasteiger partial charge is 0.310 e. The van der Waals surface area contributed by atoms with Gasteiger partial charge in [0.1, 0.15) is 0 Å². The Hall–Kier alpha value is -1.75. The number of hydrogen-bond donors (Lipinski definition) is 2. The minimum atomic E-state index is -0.885. The molecule has 0 atom stereocenters. The zero-order valence-corrected chi connectivity index (χ0v) is 13.6. The van der Waals surface area contributed by atoms with E-state index in [1.54, 1.807) is 28.1 Å². The Morgan fingerprint density at radius 3 is 2.19 bits per heavy atom. The molecule has 0 saturated carbocycles. The summed E-state index contributed by atoms with van der Waals surface area (Å²) < 4.78 is 10.5. The second-order valence-corrected chi connectivity index (χ2v) is 6.10. The second kappa shape index (κ2) is 6.35. The maximum absolute atomic E-state index is 11.4. The number of nitrogens with one attached hydrogen (secondary N) is 1. The zero-order valence-electron chi connectivity index (χ0n) is 13.6. The molecule has 0 unspecified atom stereocenters. The Kier molecular flexibility index (Phi) is 5.23. The summed E-state index contributed by atoms with van der Waals surface area (Å²) in [6.45, 7) is 7.77. The number of carboxylic acid groups (broad SMARTS) is 1. The monoisotopic (exact) mass is 295 g/mol. The first-order chi connectivity index (χ1) is 9.65. The number of carboxylic acids is 1. The quantitative estimate of drug-likeness (QED) is 0.809. The van der Waals surface area contributed by atoms with Crippen molar-refractivity contribution < 1.29 is 19.4 Å². The summed E-state index contributed by atoms with van der Waals surface area (Å²) in [6.07, 6.45) is 0. The van der Waals surface area contributed by atoms with Crippen LogP contribution in [0.2, 0.25) is 0 Å². The SMILES string of the molecule is COc1ccc(CNC(C)(C)C(C)(C)C(=O)O)cc1OC. The maximum Gasteiger partial charge on any atom is 0.310 e. The summed E-state index contributed by atoms with van der Waals surface area (Å²) in [5, 5.41) is 12.7. The molecule has 0 spiro atoms. The highest BCUT2D eigenvalue weighted by molar-refractivity contribution is 5.75. The molecule has 1 aromatic carbocycles. The number of methoxy groups -OCH3 is 2. The molecule has 0 saturated heterocycles. The summed E-state index contributed by atoms with van der Waals surface area (Å²) in [4.78, 5) is 11.4. The van der Waals surface area contributed by atoms with E-state index in [1.807, 2.05) is 32.0 Å². The summed E-state index contributed by atoms with van der Waals surface area (Å²) >= 11 is 0. The zero-order chi connectivity index (χ0) is 16.3. The van der Waals surface area contributed by atoms with E-state index in [0.717, 1.165) is 5.56 Å². The molecule has 118 valence electrons. The van der Waals surface area contributed by atoms with E-state index >= 15 is 0 Å². The van der Waals surface area contributed by atoms with Gasteiger partial charge in [0.15, 0.2) is 11.5 Å². The lowest BCUT2D eigenvalue weighted by Gasteiger charge is -2.39. The molecule has 1 rings (SSSR count).